The van der Waals surface area contributed by atoms with Crippen LogP contribution in [0.5, 0.6) is 0 Å². The minimum absolute atomic E-state index is 0.102. The lowest BCUT2D eigenvalue weighted by molar-refractivity contribution is -0.134. The molecule has 1 aromatic rings. The molecule has 5 heteroatoms. The van der Waals surface area contributed by atoms with Gasteiger partial charge in [0.25, 0.3) is 0 Å². The second kappa shape index (κ2) is 9.07. The molecule has 1 rings (SSSR count). The van der Waals surface area contributed by atoms with E-state index >= 15 is 0 Å². The third kappa shape index (κ3) is 5.76. The van der Waals surface area contributed by atoms with E-state index in [2.05, 4.69) is 5.32 Å². The number of carbonyl (C=O) groups is 2. The molecule has 2 amide bonds. The summed E-state index contributed by atoms with van der Waals surface area (Å²) in [4.78, 5) is 27.9. The van der Waals surface area contributed by atoms with E-state index in [-0.39, 0.29) is 18.2 Å². The summed E-state index contributed by atoms with van der Waals surface area (Å²) in [5, 5.41) is 2.77. The standard InChI is InChI=1S/C17H27N3O2/c1-5-11-20(12-6-2)17(22)13-16(21)18-14-7-9-15(10-8-14)19(3)4/h7-10H,5-6,11-13H2,1-4H3,(H,18,21). The highest BCUT2D eigenvalue weighted by molar-refractivity contribution is 6.03. The van der Waals surface area contributed by atoms with Gasteiger partial charge in [-0.05, 0) is 37.1 Å². The highest BCUT2D eigenvalue weighted by Crippen LogP contribution is 2.15. The van der Waals surface area contributed by atoms with Gasteiger partial charge >= 0.3 is 0 Å². The second-order valence-electron chi connectivity index (χ2n) is 5.55. The van der Waals surface area contributed by atoms with Crippen LogP contribution < -0.4 is 10.2 Å². The molecule has 122 valence electrons. The molecule has 0 heterocycles. The Morgan fingerprint density at radius 1 is 1.00 bits per heavy atom. The summed E-state index contributed by atoms with van der Waals surface area (Å²) in [5.41, 5.74) is 1.77. The number of amides is 2. The maximum atomic E-state index is 12.1. The van der Waals surface area contributed by atoms with Gasteiger partial charge in [0, 0.05) is 38.6 Å². The minimum atomic E-state index is -0.264. The SMILES string of the molecule is CCCN(CCC)C(=O)CC(=O)Nc1ccc(N(C)C)cc1. The topological polar surface area (TPSA) is 52.7 Å². The molecule has 0 saturated carbocycles. The van der Waals surface area contributed by atoms with Gasteiger partial charge in [0.1, 0.15) is 6.42 Å². The molecule has 0 aromatic heterocycles. The van der Waals surface area contributed by atoms with Gasteiger partial charge in [-0.25, -0.2) is 0 Å². The Morgan fingerprint density at radius 2 is 1.55 bits per heavy atom. The van der Waals surface area contributed by atoms with Crippen molar-refractivity contribution in [2.45, 2.75) is 33.1 Å². The van der Waals surface area contributed by atoms with Gasteiger partial charge in [-0.1, -0.05) is 13.8 Å². The average molecular weight is 305 g/mol. The van der Waals surface area contributed by atoms with Crippen molar-refractivity contribution in [2.24, 2.45) is 0 Å². The molecule has 0 atom stereocenters. The fourth-order valence-electron chi connectivity index (χ4n) is 2.20. The Morgan fingerprint density at radius 3 is 2.00 bits per heavy atom. The molecule has 0 aliphatic heterocycles. The minimum Gasteiger partial charge on any atom is -0.378 e. The van der Waals surface area contributed by atoms with E-state index in [4.69, 9.17) is 0 Å². The van der Waals surface area contributed by atoms with Crippen LogP contribution in [-0.2, 0) is 9.59 Å². The Hall–Kier alpha value is -2.04. The maximum Gasteiger partial charge on any atom is 0.233 e. The Bertz CT molecular complexity index is 477. The van der Waals surface area contributed by atoms with Gasteiger partial charge < -0.3 is 15.1 Å². The average Bonchev–Trinajstić information content (AvgIpc) is 2.47. The van der Waals surface area contributed by atoms with Crippen LogP contribution in [0.15, 0.2) is 24.3 Å². The van der Waals surface area contributed by atoms with E-state index in [9.17, 15) is 9.59 Å². The van der Waals surface area contributed by atoms with E-state index in [0.717, 1.165) is 18.5 Å². The van der Waals surface area contributed by atoms with Crippen molar-refractivity contribution in [3.05, 3.63) is 24.3 Å². The first-order valence-electron chi connectivity index (χ1n) is 7.83. The molecule has 22 heavy (non-hydrogen) atoms. The van der Waals surface area contributed by atoms with Gasteiger partial charge in [-0.3, -0.25) is 9.59 Å². The summed E-state index contributed by atoms with van der Waals surface area (Å²) in [6.45, 7) is 5.47. The lowest BCUT2D eigenvalue weighted by Gasteiger charge is -2.21. The molecule has 0 aliphatic rings. The monoisotopic (exact) mass is 305 g/mol. The van der Waals surface area contributed by atoms with Crippen LogP contribution >= 0.6 is 0 Å². The highest BCUT2D eigenvalue weighted by atomic mass is 16.2. The van der Waals surface area contributed by atoms with E-state index in [0.29, 0.717) is 18.8 Å². The predicted molar refractivity (Wildman–Crippen MR) is 91.2 cm³/mol. The summed E-state index contributed by atoms with van der Waals surface area (Å²) in [6, 6.07) is 7.54. The zero-order chi connectivity index (χ0) is 16.5. The smallest absolute Gasteiger partial charge is 0.233 e. The summed E-state index contributed by atoms with van der Waals surface area (Å²) >= 11 is 0. The van der Waals surface area contributed by atoms with Crippen LogP contribution in [0.2, 0.25) is 0 Å². The molecule has 0 spiro atoms. The van der Waals surface area contributed by atoms with E-state index in [1.54, 1.807) is 4.90 Å². The molecule has 5 nitrogen and oxygen atoms in total. The maximum absolute atomic E-state index is 12.1. The lowest BCUT2D eigenvalue weighted by atomic mass is 10.2. The van der Waals surface area contributed by atoms with Crippen LogP contribution in [0, 0.1) is 0 Å². The molecular formula is C17H27N3O2. The zero-order valence-corrected chi connectivity index (χ0v) is 14.1. The first kappa shape index (κ1) is 18.0. The third-order valence-electron chi connectivity index (χ3n) is 3.32. The van der Waals surface area contributed by atoms with E-state index < -0.39 is 0 Å². The number of nitrogens with one attached hydrogen (secondary N) is 1. The van der Waals surface area contributed by atoms with Crippen LogP contribution in [0.4, 0.5) is 11.4 Å². The molecule has 1 aromatic carbocycles. The first-order valence-corrected chi connectivity index (χ1v) is 7.83. The summed E-state index contributed by atoms with van der Waals surface area (Å²) in [6.07, 6.45) is 1.70. The van der Waals surface area contributed by atoms with Crippen LogP contribution in [0.25, 0.3) is 0 Å². The molecule has 0 saturated heterocycles. The normalized spacial score (nSPS) is 10.2. The van der Waals surface area contributed by atoms with Crippen molar-refractivity contribution >= 4 is 23.2 Å². The molecule has 0 radical (unpaired) electrons. The number of anilines is 2. The second-order valence-corrected chi connectivity index (χ2v) is 5.55. The number of nitrogens with zero attached hydrogens (tertiary/aromatic N) is 2. The number of carbonyl (C=O) groups excluding carboxylic acids is 2. The number of hydrogen-bond donors (Lipinski definition) is 1. The molecule has 1 N–H and O–H groups in total. The van der Waals surface area contributed by atoms with Gasteiger partial charge in [0.2, 0.25) is 11.8 Å². The third-order valence-corrected chi connectivity index (χ3v) is 3.32. The van der Waals surface area contributed by atoms with Crippen LogP contribution in [-0.4, -0.2) is 43.9 Å². The quantitative estimate of drug-likeness (QED) is 0.751. The fraction of sp³-hybridized carbons (Fsp3) is 0.529. The van der Waals surface area contributed by atoms with Gasteiger partial charge in [0.15, 0.2) is 0 Å². The summed E-state index contributed by atoms with van der Waals surface area (Å²) in [7, 11) is 3.92. The highest BCUT2D eigenvalue weighted by Gasteiger charge is 2.16. The number of rotatable bonds is 8. The van der Waals surface area contributed by atoms with Crippen molar-refractivity contribution in [1.82, 2.24) is 4.90 Å². The Balaban J connectivity index is 2.55. The number of hydrogen-bond acceptors (Lipinski definition) is 3. The van der Waals surface area contributed by atoms with Crippen molar-refractivity contribution in [3.8, 4) is 0 Å². The fourth-order valence-corrected chi connectivity index (χ4v) is 2.20. The molecule has 0 aliphatic carbocycles. The number of benzene rings is 1. The largest absolute Gasteiger partial charge is 0.378 e. The van der Waals surface area contributed by atoms with Crippen LogP contribution in [0.3, 0.4) is 0 Å². The van der Waals surface area contributed by atoms with Gasteiger partial charge in [-0.2, -0.15) is 0 Å². The molecule has 0 fully saturated rings. The van der Waals surface area contributed by atoms with E-state index in [1.165, 1.54) is 0 Å². The van der Waals surface area contributed by atoms with Crippen molar-refractivity contribution in [2.75, 3.05) is 37.4 Å². The first-order chi connectivity index (χ1) is 10.5. The molecule has 0 bridgehead atoms. The Kier molecular flexibility index (Phi) is 7.43. The molecule has 0 unspecified atom stereocenters. The van der Waals surface area contributed by atoms with Crippen molar-refractivity contribution in [1.29, 1.82) is 0 Å². The summed E-state index contributed by atoms with van der Waals surface area (Å²) < 4.78 is 0. The predicted octanol–water partition coefficient (Wildman–Crippen LogP) is 2.73. The zero-order valence-electron chi connectivity index (χ0n) is 14.1. The van der Waals surface area contributed by atoms with E-state index in [1.807, 2.05) is 57.1 Å². The van der Waals surface area contributed by atoms with Crippen molar-refractivity contribution < 1.29 is 9.59 Å². The Labute approximate surface area is 133 Å². The molecular weight excluding hydrogens is 278 g/mol. The lowest BCUT2D eigenvalue weighted by Crippen LogP contribution is -2.35. The van der Waals surface area contributed by atoms with Gasteiger partial charge in [0.05, 0.1) is 0 Å². The van der Waals surface area contributed by atoms with Crippen molar-refractivity contribution in [3.63, 3.8) is 0 Å². The van der Waals surface area contributed by atoms with Gasteiger partial charge in [-0.15, -0.1) is 0 Å². The summed E-state index contributed by atoms with van der Waals surface area (Å²) in [5.74, 6) is -0.370. The van der Waals surface area contributed by atoms with Crippen LogP contribution in [0.1, 0.15) is 33.1 Å².